The number of urea groups is 1. The van der Waals surface area contributed by atoms with Crippen LogP contribution < -0.4 is 5.32 Å². The average Bonchev–Trinajstić information content (AvgIpc) is 3.17. The van der Waals surface area contributed by atoms with Crippen molar-refractivity contribution in [2.45, 2.75) is 33.2 Å². The van der Waals surface area contributed by atoms with Crippen LogP contribution in [0.1, 0.15) is 39.9 Å². The Kier molecular flexibility index (Phi) is 4.97. The molecule has 3 aromatic rings. The van der Waals surface area contributed by atoms with Crippen molar-refractivity contribution in [1.82, 2.24) is 19.8 Å². The largest absolute Gasteiger partial charge is 0.325 e. The second-order valence-corrected chi connectivity index (χ2v) is 8.04. The Morgan fingerprint density at radius 1 is 1.06 bits per heavy atom. The topological polar surface area (TPSA) is 84.3 Å². The van der Waals surface area contributed by atoms with Crippen molar-refractivity contribution in [3.05, 3.63) is 82.9 Å². The first-order valence-corrected chi connectivity index (χ1v) is 10.1. The monoisotopic (exact) mass is 416 g/mol. The number of rotatable bonds is 5. The van der Waals surface area contributed by atoms with E-state index in [4.69, 9.17) is 0 Å². The fourth-order valence-corrected chi connectivity index (χ4v) is 4.04. The Morgan fingerprint density at radius 2 is 1.77 bits per heavy atom. The Bertz CT molecular complexity index is 1180. The number of carbonyl (C=O) groups is 3. The van der Waals surface area contributed by atoms with E-state index in [0.29, 0.717) is 11.3 Å². The molecule has 158 valence electrons. The third-order valence-corrected chi connectivity index (χ3v) is 5.78. The minimum atomic E-state index is -1.29. The van der Waals surface area contributed by atoms with Gasteiger partial charge in [-0.15, -0.1) is 0 Å². The van der Waals surface area contributed by atoms with Crippen LogP contribution in [-0.2, 0) is 10.3 Å². The molecule has 0 bridgehead atoms. The molecule has 1 unspecified atom stereocenters. The van der Waals surface area contributed by atoms with E-state index < -0.39 is 17.5 Å². The van der Waals surface area contributed by atoms with Gasteiger partial charge in [-0.2, -0.15) is 0 Å². The molecule has 4 rings (SSSR count). The van der Waals surface area contributed by atoms with Crippen LogP contribution in [0, 0.1) is 20.8 Å². The molecule has 7 heteroatoms. The van der Waals surface area contributed by atoms with Crippen LogP contribution in [0.5, 0.6) is 0 Å². The lowest BCUT2D eigenvalue weighted by Crippen LogP contribution is -2.42. The van der Waals surface area contributed by atoms with E-state index in [1.165, 1.54) is 0 Å². The van der Waals surface area contributed by atoms with Gasteiger partial charge in [-0.1, -0.05) is 23.8 Å². The quantitative estimate of drug-likeness (QED) is 0.510. The molecule has 1 aliphatic rings. The zero-order valence-corrected chi connectivity index (χ0v) is 18.0. The van der Waals surface area contributed by atoms with E-state index in [1.54, 1.807) is 37.4 Å². The molecule has 1 saturated heterocycles. The van der Waals surface area contributed by atoms with Crippen molar-refractivity contribution >= 4 is 17.7 Å². The molecule has 2 aromatic heterocycles. The van der Waals surface area contributed by atoms with Crippen molar-refractivity contribution < 1.29 is 14.4 Å². The molecule has 3 heterocycles. The van der Waals surface area contributed by atoms with Crippen LogP contribution in [0.4, 0.5) is 4.79 Å². The second kappa shape index (κ2) is 7.50. The first-order chi connectivity index (χ1) is 14.7. The third kappa shape index (κ3) is 3.42. The van der Waals surface area contributed by atoms with Crippen molar-refractivity contribution in [3.63, 3.8) is 0 Å². The van der Waals surface area contributed by atoms with Crippen molar-refractivity contribution in [2.24, 2.45) is 0 Å². The number of nitrogens with zero attached hydrogens (tertiary/aromatic N) is 3. The summed E-state index contributed by atoms with van der Waals surface area (Å²) in [7, 11) is 0. The summed E-state index contributed by atoms with van der Waals surface area (Å²) in [6.07, 6.45) is 1.56. The SMILES string of the molecule is Cc1ccc(-n2c(C)cc(C(=O)CN3C(=O)NC(C)(c4ccccn4)C3=O)c2C)cc1. The Hall–Kier alpha value is -3.74. The fourth-order valence-electron chi connectivity index (χ4n) is 4.04. The molecule has 1 aromatic carbocycles. The zero-order valence-electron chi connectivity index (χ0n) is 18.0. The highest BCUT2D eigenvalue weighted by molar-refractivity contribution is 6.11. The van der Waals surface area contributed by atoms with Crippen LogP contribution in [0.25, 0.3) is 5.69 Å². The molecular formula is C24H24N4O3. The van der Waals surface area contributed by atoms with E-state index in [1.807, 2.05) is 49.6 Å². The maximum atomic E-state index is 13.1. The van der Waals surface area contributed by atoms with Crippen LogP contribution in [0.2, 0.25) is 0 Å². The third-order valence-electron chi connectivity index (χ3n) is 5.78. The van der Waals surface area contributed by atoms with Gasteiger partial charge in [-0.25, -0.2) is 4.79 Å². The molecule has 1 atom stereocenters. The smallest absolute Gasteiger partial charge is 0.318 e. The number of carbonyl (C=O) groups excluding carboxylic acids is 3. The summed E-state index contributed by atoms with van der Waals surface area (Å²) in [4.78, 5) is 43.9. The zero-order chi connectivity index (χ0) is 22.3. The molecule has 1 aliphatic heterocycles. The maximum absolute atomic E-state index is 13.1. The molecule has 0 radical (unpaired) electrons. The number of pyridine rings is 1. The minimum Gasteiger partial charge on any atom is -0.318 e. The van der Waals surface area contributed by atoms with Gasteiger partial charge < -0.3 is 9.88 Å². The summed E-state index contributed by atoms with van der Waals surface area (Å²) in [6, 6.07) is 14.4. The molecule has 0 spiro atoms. The van der Waals surface area contributed by atoms with Gasteiger partial charge in [0, 0.05) is 28.8 Å². The Morgan fingerprint density at radius 3 is 2.42 bits per heavy atom. The number of aryl methyl sites for hydroxylation is 2. The highest BCUT2D eigenvalue weighted by atomic mass is 16.2. The van der Waals surface area contributed by atoms with Gasteiger partial charge in [0.15, 0.2) is 11.3 Å². The van der Waals surface area contributed by atoms with Crippen LogP contribution in [-0.4, -0.2) is 38.7 Å². The number of hydrogen-bond donors (Lipinski definition) is 1. The summed E-state index contributed by atoms with van der Waals surface area (Å²) in [5.41, 5.74) is 3.41. The summed E-state index contributed by atoms with van der Waals surface area (Å²) >= 11 is 0. The molecule has 0 aliphatic carbocycles. The summed E-state index contributed by atoms with van der Waals surface area (Å²) in [5.74, 6) is -0.780. The highest BCUT2D eigenvalue weighted by Gasteiger charge is 2.50. The van der Waals surface area contributed by atoms with E-state index in [9.17, 15) is 14.4 Å². The number of hydrogen-bond acceptors (Lipinski definition) is 4. The number of benzene rings is 1. The lowest BCUT2D eigenvalue weighted by atomic mass is 9.97. The lowest BCUT2D eigenvalue weighted by molar-refractivity contribution is -0.130. The normalized spacial score (nSPS) is 18.4. The van der Waals surface area contributed by atoms with Gasteiger partial charge in [0.25, 0.3) is 5.91 Å². The number of amides is 3. The Labute approximate surface area is 180 Å². The molecule has 7 nitrogen and oxygen atoms in total. The number of imide groups is 1. The van der Waals surface area contributed by atoms with Gasteiger partial charge in [0.05, 0.1) is 12.2 Å². The summed E-state index contributed by atoms with van der Waals surface area (Å²) in [5, 5.41) is 2.68. The first-order valence-electron chi connectivity index (χ1n) is 10.1. The lowest BCUT2D eigenvalue weighted by Gasteiger charge is -2.20. The van der Waals surface area contributed by atoms with Crippen molar-refractivity contribution in [3.8, 4) is 5.69 Å². The number of aromatic nitrogens is 2. The minimum absolute atomic E-state index is 0.291. The average molecular weight is 416 g/mol. The number of Topliss-reactive ketones (excluding diaryl/α,β-unsaturated/α-hetero) is 1. The van der Waals surface area contributed by atoms with Gasteiger partial charge in [0.2, 0.25) is 0 Å². The van der Waals surface area contributed by atoms with E-state index in [0.717, 1.165) is 27.5 Å². The standard InChI is InChI=1S/C24H24N4O3/c1-15-8-10-18(11-9-15)28-16(2)13-19(17(28)3)20(29)14-27-22(30)24(4,26-23(27)31)21-7-5-6-12-25-21/h5-13H,14H2,1-4H3,(H,26,31). The summed E-state index contributed by atoms with van der Waals surface area (Å²) in [6.45, 7) is 7.08. The molecule has 1 fully saturated rings. The van der Waals surface area contributed by atoms with Gasteiger partial charge in [-0.3, -0.25) is 19.5 Å². The number of ketones is 1. The van der Waals surface area contributed by atoms with E-state index >= 15 is 0 Å². The van der Waals surface area contributed by atoms with Crippen LogP contribution >= 0.6 is 0 Å². The number of nitrogens with one attached hydrogen (secondary N) is 1. The van der Waals surface area contributed by atoms with Gasteiger partial charge >= 0.3 is 6.03 Å². The molecule has 0 saturated carbocycles. The molecular weight excluding hydrogens is 392 g/mol. The predicted molar refractivity (Wildman–Crippen MR) is 116 cm³/mol. The van der Waals surface area contributed by atoms with E-state index in [-0.39, 0.29) is 12.3 Å². The first kappa shape index (κ1) is 20.5. The van der Waals surface area contributed by atoms with Gasteiger partial charge in [-0.05, 0) is 58.0 Å². The van der Waals surface area contributed by atoms with Gasteiger partial charge in [0.1, 0.15) is 0 Å². The molecule has 3 amide bonds. The molecule has 1 N–H and O–H groups in total. The summed E-state index contributed by atoms with van der Waals surface area (Å²) < 4.78 is 2.00. The fraction of sp³-hybridized carbons (Fsp3) is 0.250. The van der Waals surface area contributed by atoms with E-state index in [2.05, 4.69) is 10.3 Å². The van der Waals surface area contributed by atoms with Crippen molar-refractivity contribution in [1.29, 1.82) is 0 Å². The van der Waals surface area contributed by atoms with Crippen LogP contribution in [0.15, 0.2) is 54.7 Å². The second-order valence-electron chi connectivity index (χ2n) is 8.04. The van der Waals surface area contributed by atoms with Crippen LogP contribution in [0.3, 0.4) is 0 Å². The van der Waals surface area contributed by atoms with Crippen molar-refractivity contribution in [2.75, 3.05) is 6.54 Å². The maximum Gasteiger partial charge on any atom is 0.325 e. The predicted octanol–water partition coefficient (Wildman–Crippen LogP) is 3.45. The molecule has 31 heavy (non-hydrogen) atoms. The Balaban J connectivity index is 1.60. The highest BCUT2D eigenvalue weighted by Crippen LogP contribution is 2.28.